The summed E-state index contributed by atoms with van der Waals surface area (Å²) in [4.78, 5) is 24.1. The number of halogens is 1. The van der Waals surface area contributed by atoms with Crippen molar-refractivity contribution in [2.75, 3.05) is 6.61 Å². The second-order valence-electron chi connectivity index (χ2n) is 5.53. The van der Waals surface area contributed by atoms with E-state index in [1.54, 1.807) is 13.0 Å². The molecule has 0 aliphatic rings. The highest BCUT2D eigenvalue weighted by atomic mass is 35.5. The van der Waals surface area contributed by atoms with Crippen molar-refractivity contribution in [1.82, 2.24) is 4.57 Å². The number of nitrogens with two attached hydrogens (primary N) is 1. The number of hydrogen-bond donors (Lipinski definition) is 1. The molecule has 7 nitrogen and oxygen atoms in total. The van der Waals surface area contributed by atoms with Gasteiger partial charge < -0.3 is 9.30 Å². The zero-order valence-electron chi connectivity index (χ0n) is 13.9. The van der Waals surface area contributed by atoms with Gasteiger partial charge in [-0.3, -0.25) is 4.79 Å². The summed E-state index contributed by atoms with van der Waals surface area (Å²) in [5.74, 6) is -1.28. The number of carbonyl (C=O) groups excluding carboxylic acids is 2. The summed E-state index contributed by atoms with van der Waals surface area (Å²) in [6.07, 6.45) is 0. The number of aromatic nitrogens is 1. The highest BCUT2D eigenvalue weighted by Gasteiger charge is 2.20. The average Bonchev–Trinajstić information content (AvgIpc) is 2.79. The number of esters is 1. The maximum Gasteiger partial charge on any atom is 0.340 e. The van der Waals surface area contributed by atoms with Crippen LogP contribution in [0.1, 0.15) is 32.1 Å². The van der Waals surface area contributed by atoms with Gasteiger partial charge >= 0.3 is 5.97 Å². The van der Waals surface area contributed by atoms with Gasteiger partial charge in [0, 0.05) is 24.0 Å². The first-order chi connectivity index (χ1) is 11.5. The van der Waals surface area contributed by atoms with Gasteiger partial charge in [0.25, 0.3) is 0 Å². The van der Waals surface area contributed by atoms with Crippen molar-refractivity contribution < 1.29 is 22.7 Å². The van der Waals surface area contributed by atoms with Crippen LogP contribution in [0.5, 0.6) is 0 Å². The maximum atomic E-state index is 12.2. The van der Waals surface area contributed by atoms with E-state index in [0.29, 0.717) is 5.56 Å². The number of rotatable bonds is 5. The molecule has 0 fully saturated rings. The van der Waals surface area contributed by atoms with E-state index in [2.05, 4.69) is 0 Å². The Labute approximate surface area is 150 Å². The molecule has 1 heterocycles. The van der Waals surface area contributed by atoms with Gasteiger partial charge in [-0.25, -0.2) is 18.4 Å². The summed E-state index contributed by atoms with van der Waals surface area (Å²) < 4.78 is 29.6. The van der Waals surface area contributed by atoms with Crippen LogP contribution in [0.25, 0.3) is 0 Å². The molecule has 0 aliphatic heterocycles. The first-order valence-electron chi connectivity index (χ1n) is 7.18. The normalized spacial score (nSPS) is 11.4. The SMILES string of the molecule is Cc1cc(C(=O)COC(=O)c2cc(S(N)(=O)=O)ccc2Cl)c(C)n1C. The number of sulfonamides is 1. The van der Waals surface area contributed by atoms with Crippen LogP contribution in [0.2, 0.25) is 5.02 Å². The second-order valence-corrected chi connectivity index (χ2v) is 7.50. The van der Waals surface area contributed by atoms with E-state index in [-0.39, 0.29) is 21.3 Å². The minimum atomic E-state index is -3.99. The van der Waals surface area contributed by atoms with Crippen LogP contribution in [0, 0.1) is 13.8 Å². The van der Waals surface area contributed by atoms with Crippen molar-refractivity contribution in [1.29, 1.82) is 0 Å². The Balaban J connectivity index is 2.18. The minimum Gasteiger partial charge on any atom is -0.454 e. The summed E-state index contributed by atoms with van der Waals surface area (Å²) in [6, 6.07) is 5.13. The predicted octanol–water partition coefficient (Wildman–Crippen LogP) is 1.98. The topological polar surface area (TPSA) is 108 Å². The zero-order valence-corrected chi connectivity index (χ0v) is 15.4. The fourth-order valence-corrected chi connectivity index (χ4v) is 3.00. The first kappa shape index (κ1) is 19.2. The third kappa shape index (κ3) is 4.09. The molecule has 1 aromatic heterocycles. The lowest BCUT2D eigenvalue weighted by atomic mass is 10.1. The lowest BCUT2D eigenvalue weighted by molar-refractivity contribution is 0.0474. The van der Waals surface area contributed by atoms with Gasteiger partial charge in [-0.05, 0) is 38.1 Å². The second kappa shape index (κ2) is 6.99. The molecule has 2 aromatic rings. The van der Waals surface area contributed by atoms with Crippen LogP contribution in [0.3, 0.4) is 0 Å². The quantitative estimate of drug-likeness (QED) is 0.626. The smallest absolute Gasteiger partial charge is 0.340 e. The molecule has 0 atom stereocenters. The first-order valence-corrected chi connectivity index (χ1v) is 9.10. The van der Waals surface area contributed by atoms with E-state index in [1.165, 1.54) is 12.1 Å². The van der Waals surface area contributed by atoms with Gasteiger partial charge in [-0.1, -0.05) is 11.6 Å². The Morgan fingerprint density at radius 1 is 1.20 bits per heavy atom. The Morgan fingerprint density at radius 3 is 2.36 bits per heavy atom. The summed E-state index contributed by atoms with van der Waals surface area (Å²) in [7, 11) is -2.17. The summed E-state index contributed by atoms with van der Waals surface area (Å²) >= 11 is 5.90. The van der Waals surface area contributed by atoms with Crippen molar-refractivity contribution in [2.45, 2.75) is 18.7 Å². The predicted molar refractivity (Wildman–Crippen MR) is 92.3 cm³/mol. The molecule has 0 unspecified atom stereocenters. The van der Waals surface area contributed by atoms with Crippen molar-refractivity contribution in [3.8, 4) is 0 Å². The fraction of sp³-hybridized carbons (Fsp3) is 0.250. The van der Waals surface area contributed by atoms with Crippen LogP contribution in [-0.2, 0) is 21.8 Å². The van der Waals surface area contributed by atoms with E-state index < -0.39 is 22.6 Å². The van der Waals surface area contributed by atoms with Crippen molar-refractivity contribution in [3.63, 3.8) is 0 Å². The van der Waals surface area contributed by atoms with Gasteiger partial charge in [0.05, 0.1) is 15.5 Å². The molecule has 9 heteroatoms. The lowest BCUT2D eigenvalue weighted by Crippen LogP contribution is -2.17. The standard InChI is InChI=1S/C16H17ClN2O5S/c1-9-6-12(10(2)19(9)3)15(20)8-24-16(21)13-7-11(25(18,22)23)4-5-14(13)17/h4-7H,8H2,1-3H3,(H2,18,22,23). The molecule has 0 spiro atoms. The van der Waals surface area contributed by atoms with Crippen molar-refractivity contribution >= 4 is 33.4 Å². The monoisotopic (exact) mass is 384 g/mol. The highest BCUT2D eigenvalue weighted by molar-refractivity contribution is 7.89. The molecule has 1 aromatic carbocycles. The molecule has 25 heavy (non-hydrogen) atoms. The van der Waals surface area contributed by atoms with Gasteiger partial charge in [-0.2, -0.15) is 0 Å². The van der Waals surface area contributed by atoms with E-state index in [0.717, 1.165) is 17.5 Å². The van der Waals surface area contributed by atoms with Crippen LogP contribution in [-0.4, -0.2) is 31.3 Å². The van der Waals surface area contributed by atoms with E-state index in [1.807, 2.05) is 18.5 Å². The number of ketones is 1. The van der Waals surface area contributed by atoms with Crippen LogP contribution in [0.15, 0.2) is 29.2 Å². The number of hydrogen-bond acceptors (Lipinski definition) is 5. The lowest BCUT2D eigenvalue weighted by Gasteiger charge is -2.07. The van der Waals surface area contributed by atoms with E-state index in [9.17, 15) is 18.0 Å². The zero-order chi connectivity index (χ0) is 18.9. The molecular weight excluding hydrogens is 368 g/mol. The van der Waals surface area contributed by atoms with Gasteiger partial charge in [0.15, 0.2) is 6.61 Å². The number of carbonyl (C=O) groups is 2. The van der Waals surface area contributed by atoms with Crippen LogP contribution >= 0.6 is 11.6 Å². The number of benzene rings is 1. The molecule has 2 N–H and O–H groups in total. The summed E-state index contributed by atoms with van der Waals surface area (Å²) in [5.41, 5.74) is 1.93. The summed E-state index contributed by atoms with van der Waals surface area (Å²) in [5, 5.41) is 5.02. The molecule has 0 saturated heterocycles. The maximum absolute atomic E-state index is 12.2. The van der Waals surface area contributed by atoms with Gasteiger partial charge in [0.2, 0.25) is 15.8 Å². The van der Waals surface area contributed by atoms with Gasteiger partial charge in [0.1, 0.15) is 0 Å². The molecule has 134 valence electrons. The highest BCUT2D eigenvalue weighted by Crippen LogP contribution is 2.21. The Bertz CT molecular complexity index is 963. The van der Waals surface area contributed by atoms with Gasteiger partial charge in [-0.15, -0.1) is 0 Å². The molecule has 0 radical (unpaired) electrons. The number of aryl methyl sites for hydroxylation is 1. The third-order valence-corrected chi connectivity index (χ3v) is 5.14. The Morgan fingerprint density at radius 2 is 1.84 bits per heavy atom. The van der Waals surface area contributed by atoms with Crippen LogP contribution < -0.4 is 5.14 Å². The molecular formula is C16H17ClN2O5S. The van der Waals surface area contributed by atoms with Crippen molar-refractivity contribution in [3.05, 3.63) is 51.8 Å². The molecule has 0 bridgehead atoms. The number of Topliss-reactive ketones (excluding diaryl/α,β-unsaturated/α-hetero) is 1. The third-order valence-electron chi connectivity index (χ3n) is 3.90. The number of primary sulfonamides is 1. The molecule has 0 amide bonds. The van der Waals surface area contributed by atoms with Crippen molar-refractivity contribution in [2.24, 2.45) is 12.2 Å². The Hall–Kier alpha value is -2.16. The largest absolute Gasteiger partial charge is 0.454 e. The molecule has 0 saturated carbocycles. The number of ether oxygens (including phenoxy) is 1. The summed E-state index contributed by atoms with van der Waals surface area (Å²) in [6.45, 7) is 3.15. The Kier molecular flexibility index (Phi) is 5.36. The van der Waals surface area contributed by atoms with E-state index >= 15 is 0 Å². The fourth-order valence-electron chi connectivity index (χ4n) is 2.26. The minimum absolute atomic E-state index is 0.00316. The molecule has 2 rings (SSSR count). The number of nitrogens with zero attached hydrogens (tertiary/aromatic N) is 1. The van der Waals surface area contributed by atoms with E-state index in [4.69, 9.17) is 21.5 Å². The molecule has 0 aliphatic carbocycles. The average molecular weight is 385 g/mol. The van der Waals surface area contributed by atoms with Crippen LogP contribution in [0.4, 0.5) is 0 Å².